The van der Waals surface area contributed by atoms with Gasteiger partial charge >= 0.3 is 5.97 Å². The number of aromatic nitrogens is 2. The number of fused-ring (bicyclic) bond motifs is 1. The summed E-state index contributed by atoms with van der Waals surface area (Å²) in [6.45, 7) is 5.16. The molecular weight excluding hydrogens is 300 g/mol. The van der Waals surface area contributed by atoms with Crippen LogP contribution in [0, 0.1) is 0 Å². The number of carboxylic acid groups (broad SMARTS) is 1. The molecule has 0 amide bonds. The molecule has 0 aliphatic heterocycles. The number of hydrogen-bond acceptors (Lipinski definition) is 2. The van der Waals surface area contributed by atoms with Crippen molar-refractivity contribution in [1.82, 2.24) is 9.78 Å². The van der Waals surface area contributed by atoms with Crippen LogP contribution in [0.5, 0.6) is 0 Å². The summed E-state index contributed by atoms with van der Waals surface area (Å²) in [5.74, 6) is -0.264. The van der Waals surface area contributed by atoms with Crippen molar-refractivity contribution in [3.63, 3.8) is 0 Å². The van der Waals surface area contributed by atoms with E-state index < -0.39 is 5.97 Å². The Hall–Kier alpha value is -2.10. The van der Waals surface area contributed by atoms with Crippen LogP contribution in [0.2, 0.25) is 0 Å². The molecular formula is C20H26N2O2. The van der Waals surface area contributed by atoms with Crippen molar-refractivity contribution in [1.29, 1.82) is 0 Å². The number of benzene rings is 1. The number of carboxylic acids is 1. The first-order valence-electron chi connectivity index (χ1n) is 8.91. The minimum Gasteiger partial charge on any atom is -0.481 e. The molecule has 4 heteroatoms. The molecule has 1 aliphatic rings. The number of aryl methyl sites for hydroxylation is 2. The lowest BCUT2D eigenvalue weighted by Gasteiger charge is -2.23. The van der Waals surface area contributed by atoms with Crippen LogP contribution in [-0.4, -0.2) is 20.9 Å². The van der Waals surface area contributed by atoms with Crippen LogP contribution < -0.4 is 0 Å². The molecule has 0 bridgehead atoms. The molecule has 24 heavy (non-hydrogen) atoms. The Bertz CT molecular complexity index is 704. The van der Waals surface area contributed by atoms with Crippen molar-refractivity contribution in [2.24, 2.45) is 0 Å². The van der Waals surface area contributed by atoms with E-state index in [1.807, 2.05) is 6.07 Å². The monoisotopic (exact) mass is 326 g/mol. The molecule has 1 unspecified atom stereocenters. The average molecular weight is 326 g/mol. The Labute approximate surface area is 143 Å². The molecule has 0 radical (unpaired) electrons. The van der Waals surface area contributed by atoms with Crippen molar-refractivity contribution in [2.75, 3.05) is 0 Å². The maximum Gasteiger partial charge on any atom is 0.303 e. The van der Waals surface area contributed by atoms with Crippen molar-refractivity contribution >= 4 is 5.97 Å². The van der Waals surface area contributed by atoms with Crippen LogP contribution >= 0.6 is 0 Å². The van der Waals surface area contributed by atoms with Crippen LogP contribution in [0.15, 0.2) is 30.3 Å². The maximum atomic E-state index is 11.2. The normalized spacial score (nSPS) is 17.0. The lowest BCUT2D eigenvalue weighted by Crippen LogP contribution is -2.16. The van der Waals surface area contributed by atoms with E-state index in [1.54, 1.807) is 0 Å². The second kappa shape index (κ2) is 7.20. The molecule has 4 nitrogen and oxygen atoms in total. The average Bonchev–Trinajstić information content (AvgIpc) is 2.94. The predicted octanol–water partition coefficient (Wildman–Crippen LogP) is 4.14. The molecule has 0 spiro atoms. The zero-order valence-electron chi connectivity index (χ0n) is 14.5. The first kappa shape index (κ1) is 16.7. The van der Waals surface area contributed by atoms with Crippen LogP contribution in [0.1, 0.15) is 67.5 Å². The number of carbonyl (C=O) groups is 1. The third-order valence-electron chi connectivity index (χ3n) is 4.92. The Morgan fingerprint density at radius 1 is 1.33 bits per heavy atom. The Morgan fingerprint density at radius 2 is 2.08 bits per heavy atom. The standard InChI is InChI=1S/C20H26N2O2/c1-14(2)20-19-16(13-18(23)24)9-6-10-17(19)22(21-20)12-11-15-7-4-3-5-8-15/h3-5,7-8,14,16H,6,9-13H2,1-2H3,(H,23,24). The minimum atomic E-state index is -0.709. The highest BCUT2D eigenvalue weighted by atomic mass is 16.4. The first-order chi connectivity index (χ1) is 11.6. The zero-order valence-corrected chi connectivity index (χ0v) is 14.5. The molecule has 1 heterocycles. The topological polar surface area (TPSA) is 55.1 Å². The lowest BCUT2D eigenvalue weighted by molar-refractivity contribution is -0.137. The summed E-state index contributed by atoms with van der Waals surface area (Å²) in [7, 11) is 0. The summed E-state index contributed by atoms with van der Waals surface area (Å²) in [5, 5.41) is 14.1. The number of hydrogen-bond donors (Lipinski definition) is 1. The van der Waals surface area contributed by atoms with Gasteiger partial charge in [0.1, 0.15) is 0 Å². The van der Waals surface area contributed by atoms with Gasteiger partial charge in [-0.05, 0) is 43.1 Å². The predicted molar refractivity (Wildman–Crippen MR) is 94.4 cm³/mol. The molecule has 0 fully saturated rings. The molecule has 1 aliphatic carbocycles. The van der Waals surface area contributed by atoms with Crippen molar-refractivity contribution in [2.45, 2.75) is 64.3 Å². The highest BCUT2D eigenvalue weighted by Gasteiger charge is 2.30. The van der Waals surface area contributed by atoms with E-state index in [2.05, 4.69) is 42.8 Å². The SMILES string of the molecule is CC(C)c1nn(CCc2ccccc2)c2c1C(CC(=O)O)CCC2. The Balaban J connectivity index is 1.89. The molecule has 128 valence electrons. The van der Waals surface area contributed by atoms with E-state index in [-0.39, 0.29) is 12.3 Å². The van der Waals surface area contributed by atoms with Gasteiger partial charge in [-0.25, -0.2) is 0 Å². The largest absolute Gasteiger partial charge is 0.481 e. The molecule has 1 N–H and O–H groups in total. The van der Waals surface area contributed by atoms with Gasteiger partial charge in [0.05, 0.1) is 12.1 Å². The molecule has 1 aromatic carbocycles. The van der Waals surface area contributed by atoms with Crippen molar-refractivity contribution in [3.8, 4) is 0 Å². The highest BCUT2D eigenvalue weighted by molar-refractivity contribution is 5.68. The van der Waals surface area contributed by atoms with Gasteiger partial charge in [0.2, 0.25) is 0 Å². The summed E-state index contributed by atoms with van der Waals surface area (Å²) >= 11 is 0. The summed E-state index contributed by atoms with van der Waals surface area (Å²) < 4.78 is 2.14. The lowest BCUT2D eigenvalue weighted by atomic mass is 9.81. The van der Waals surface area contributed by atoms with E-state index in [9.17, 15) is 9.90 Å². The molecule has 3 rings (SSSR count). The zero-order chi connectivity index (χ0) is 17.1. The van der Waals surface area contributed by atoms with Crippen LogP contribution in [0.4, 0.5) is 0 Å². The third-order valence-corrected chi connectivity index (χ3v) is 4.92. The van der Waals surface area contributed by atoms with E-state index in [0.29, 0.717) is 5.92 Å². The maximum absolute atomic E-state index is 11.2. The quantitative estimate of drug-likeness (QED) is 0.868. The van der Waals surface area contributed by atoms with Crippen LogP contribution in [-0.2, 0) is 24.2 Å². The molecule has 1 aromatic heterocycles. The van der Waals surface area contributed by atoms with E-state index in [4.69, 9.17) is 5.10 Å². The van der Waals surface area contributed by atoms with Gasteiger partial charge in [-0.2, -0.15) is 5.10 Å². The van der Waals surface area contributed by atoms with E-state index >= 15 is 0 Å². The van der Waals surface area contributed by atoms with Gasteiger partial charge in [0.15, 0.2) is 0 Å². The van der Waals surface area contributed by atoms with Gasteiger partial charge in [-0.1, -0.05) is 44.2 Å². The number of nitrogens with zero attached hydrogens (tertiary/aromatic N) is 2. The first-order valence-corrected chi connectivity index (χ1v) is 8.91. The van der Waals surface area contributed by atoms with Gasteiger partial charge < -0.3 is 5.11 Å². The highest BCUT2D eigenvalue weighted by Crippen LogP contribution is 2.38. The summed E-state index contributed by atoms with van der Waals surface area (Å²) in [6, 6.07) is 10.5. The fourth-order valence-electron chi connectivity index (χ4n) is 3.81. The molecule has 2 aromatic rings. The Kier molecular flexibility index (Phi) is 5.03. The molecule has 1 atom stereocenters. The van der Waals surface area contributed by atoms with Gasteiger partial charge in [-0.3, -0.25) is 9.48 Å². The number of aliphatic carboxylic acids is 1. The second-order valence-electron chi connectivity index (χ2n) is 7.05. The second-order valence-corrected chi connectivity index (χ2v) is 7.05. The smallest absolute Gasteiger partial charge is 0.303 e. The third kappa shape index (κ3) is 3.53. The summed E-state index contributed by atoms with van der Waals surface area (Å²) in [6.07, 6.45) is 4.20. The molecule has 0 saturated heterocycles. The molecule has 0 saturated carbocycles. The summed E-state index contributed by atoms with van der Waals surface area (Å²) in [5.41, 5.74) is 4.91. The fraction of sp³-hybridized carbons (Fsp3) is 0.500. The Morgan fingerprint density at radius 3 is 2.75 bits per heavy atom. The van der Waals surface area contributed by atoms with E-state index in [1.165, 1.54) is 16.8 Å². The summed E-state index contributed by atoms with van der Waals surface area (Å²) in [4.78, 5) is 11.2. The number of rotatable bonds is 6. The van der Waals surface area contributed by atoms with Crippen LogP contribution in [0.3, 0.4) is 0 Å². The fourth-order valence-corrected chi connectivity index (χ4v) is 3.81. The van der Waals surface area contributed by atoms with Gasteiger partial charge in [-0.15, -0.1) is 0 Å². The minimum absolute atomic E-state index is 0.120. The van der Waals surface area contributed by atoms with E-state index in [0.717, 1.165) is 37.9 Å². The van der Waals surface area contributed by atoms with Crippen molar-refractivity contribution in [3.05, 3.63) is 52.8 Å². The van der Waals surface area contributed by atoms with Crippen LogP contribution in [0.25, 0.3) is 0 Å². The van der Waals surface area contributed by atoms with Crippen molar-refractivity contribution < 1.29 is 9.90 Å². The van der Waals surface area contributed by atoms with Gasteiger partial charge in [0, 0.05) is 17.8 Å². The van der Waals surface area contributed by atoms with Gasteiger partial charge in [0.25, 0.3) is 0 Å².